The molecular weight excluding hydrogens is 312 g/mol. The van der Waals surface area contributed by atoms with E-state index >= 15 is 0 Å². The molecule has 0 spiro atoms. The maximum Gasteiger partial charge on any atom is 0.254 e. The van der Waals surface area contributed by atoms with Crippen molar-refractivity contribution in [3.05, 3.63) is 77.5 Å². The molecule has 0 saturated heterocycles. The van der Waals surface area contributed by atoms with Crippen molar-refractivity contribution >= 4 is 5.91 Å². The van der Waals surface area contributed by atoms with Gasteiger partial charge in [-0.25, -0.2) is 0 Å². The number of benzene rings is 2. The van der Waals surface area contributed by atoms with Crippen molar-refractivity contribution in [2.45, 2.75) is 26.8 Å². The Bertz CT molecular complexity index is 823. The fourth-order valence-corrected chi connectivity index (χ4v) is 2.72. The van der Waals surface area contributed by atoms with Crippen LogP contribution in [0.4, 0.5) is 0 Å². The van der Waals surface area contributed by atoms with Crippen LogP contribution in [0.3, 0.4) is 0 Å². The molecule has 0 unspecified atom stereocenters. The van der Waals surface area contributed by atoms with Crippen molar-refractivity contribution in [3.8, 4) is 11.3 Å². The van der Waals surface area contributed by atoms with Crippen LogP contribution >= 0.6 is 0 Å². The zero-order chi connectivity index (χ0) is 17.6. The Hall–Kier alpha value is -2.88. The van der Waals surface area contributed by atoms with Gasteiger partial charge in [0.25, 0.3) is 5.91 Å². The molecule has 0 fully saturated rings. The second-order valence-corrected chi connectivity index (χ2v) is 6.14. The maximum atomic E-state index is 12.8. The van der Waals surface area contributed by atoms with E-state index in [1.165, 1.54) is 0 Å². The lowest BCUT2D eigenvalue weighted by molar-refractivity contribution is 0.0739. The second-order valence-electron chi connectivity index (χ2n) is 6.14. The quantitative estimate of drug-likeness (QED) is 0.656. The van der Waals surface area contributed by atoms with Gasteiger partial charge in [0, 0.05) is 23.7 Å². The summed E-state index contributed by atoms with van der Waals surface area (Å²) in [7, 11) is 0. The van der Waals surface area contributed by atoms with Crippen LogP contribution in [0.2, 0.25) is 0 Å². The summed E-state index contributed by atoms with van der Waals surface area (Å²) in [5, 5.41) is 4.14. The fourth-order valence-electron chi connectivity index (χ4n) is 2.72. The highest BCUT2D eigenvalue weighted by Gasteiger charge is 2.17. The summed E-state index contributed by atoms with van der Waals surface area (Å²) in [4.78, 5) is 14.6. The SMILES string of the molecule is CCCN(Cc1cc(-c2ccccc2)on1)C(=O)c1ccc(C)cc1. The topological polar surface area (TPSA) is 46.3 Å². The van der Waals surface area contributed by atoms with Crippen LogP contribution in [0.5, 0.6) is 0 Å². The van der Waals surface area contributed by atoms with Gasteiger partial charge in [0.1, 0.15) is 5.69 Å². The van der Waals surface area contributed by atoms with Gasteiger partial charge < -0.3 is 9.42 Å². The number of hydrogen-bond acceptors (Lipinski definition) is 3. The largest absolute Gasteiger partial charge is 0.356 e. The summed E-state index contributed by atoms with van der Waals surface area (Å²) in [5.74, 6) is 0.737. The molecule has 0 radical (unpaired) electrons. The first kappa shape index (κ1) is 17.0. The lowest BCUT2D eigenvalue weighted by Crippen LogP contribution is -2.31. The van der Waals surface area contributed by atoms with E-state index < -0.39 is 0 Å². The third-order valence-electron chi connectivity index (χ3n) is 4.05. The molecular formula is C21H22N2O2. The Balaban J connectivity index is 1.77. The van der Waals surface area contributed by atoms with Gasteiger partial charge in [-0.1, -0.05) is 60.1 Å². The van der Waals surface area contributed by atoms with Gasteiger partial charge in [-0.3, -0.25) is 4.79 Å². The van der Waals surface area contributed by atoms with Crippen LogP contribution in [-0.2, 0) is 6.54 Å². The number of carbonyl (C=O) groups excluding carboxylic acids is 1. The van der Waals surface area contributed by atoms with Crippen molar-refractivity contribution in [1.82, 2.24) is 10.1 Å². The molecule has 1 aromatic heterocycles. The first-order valence-corrected chi connectivity index (χ1v) is 8.54. The first-order valence-electron chi connectivity index (χ1n) is 8.54. The molecule has 3 rings (SSSR count). The van der Waals surface area contributed by atoms with Crippen LogP contribution in [0.15, 0.2) is 65.2 Å². The van der Waals surface area contributed by atoms with E-state index in [9.17, 15) is 4.79 Å². The zero-order valence-corrected chi connectivity index (χ0v) is 14.6. The highest BCUT2D eigenvalue weighted by molar-refractivity contribution is 5.94. The Morgan fingerprint density at radius 1 is 1.08 bits per heavy atom. The van der Waals surface area contributed by atoms with E-state index in [0.29, 0.717) is 18.7 Å². The summed E-state index contributed by atoms with van der Waals surface area (Å²) in [6.07, 6.45) is 0.890. The number of rotatable bonds is 6. The van der Waals surface area contributed by atoms with Crippen molar-refractivity contribution < 1.29 is 9.32 Å². The summed E-state index contributed by atoms with van der Waals surface area (Å²) in [6.45, 7) is 5.20. The Labute approximate surface area is 148 Å². The second kappa shape index (κ2) is 7.79. The molecule has 1 heterocycles. The molecule has 0 bridgehead atoms. The Kier molecular flexibility index (Phi) is 5.29. The van der Waals surface area contributed by atoms with Crippen molar-refractivity contribution in [2.75, 3.05) is 6.54 Å². The van der Waals surface area contributed by atoms with Crippen molar-refractivity contribution in [1.29, 1.82) is 0 Å². The molecule has 128 valence electrons. The number of carbonyl (C=O) groups is 1. The van der Waals surface area contributed by atoms with E-state index in [1.807, 2.05) is 72.5 Å². The molecule has 0 N–H and O–H groups in total. The molecule has 0 saturated carbocycles. The summed E-state index contributed by atoms with van der Waals surface area (Å²) in [6, 6.07) is 19.4. The van der Waals surface area contributed by atoms with Crippen molar-refractivity contribution in [2.24, 2.45) is 0 Å². The van der Waals surface area contributed by atoms with Crippen LogP contribution in [0.1, 0.15) is 35.0 Å². The molecule has 0 aliphatic rings. The van der Waals surface area contributed by atoms with Crippen molar-refractivity contribution in [3.63, 3.8) is 0 Å². The minimum absolute atomic E-state index is 0.0195. The van der Waals surface area contributed by atoms with E-state index in [2.05, 4.69) is 12.1 Å². The first-order chi connectivity index (χ1) is 12.2. The maximum absolute atomic E-state index is 12.8. The number of amides is 1. The van der Waals surface area contributed by atoms with Crippen LogP contribution in [0.25, 0.3) is 11.3 Å². The molecule has 25 heavy (non-hydrogen) atoms. The molecule has 1 amide bonds. The average molecular weight is 334 g/mol. The summed E-state index contributed by atoms with van der Waals surface area (Å²) < 4.78 is 5.44. The molecule has 0 aliphatic carbocycles. The molecule has 0 atom stereocenters. The normalized spacial score (nSPS) is 10.6. The highest BCUT2D eigenvalue weighted by atomic mass is 16.5. The third-order valence-corrected chi connectivity index (χ3v) is 4.05. The van der Waals surface area contributed by atoms with Gasteiger partial charge in [0.2, 0.25) is 0 Å². The molecule has 4 heteroatoms. The minimum atomic E-state index is 0.0195. The molecule has 2 aromatic carbocycles. The minimum Gasteiger partial charge on any atom is -0.356 e. The smallest absolute Gasteiger partial charge is 0.254 e. The Morgan fingerprint density at radius 2 is 1.80 bits per heavy atom. The average Bonchev–Trinajstić information content (AvgIpc) is 3.11. The monoisotopic (exact) mass is 334 g/mol. The predicted octanol–water partition coefficient (Wildman–Crippen LogP) is 4.70. The summed E-state index contributed by atoms with van der Waals surface area (Å²) >= 11 is 0. The van der Waals surface area contributed by atoms with Gasteiger partial charge in [-0.05, 0) is 25.5 Å². The standard InChI is InChI=1S/C21H22N2O2/c1-3-13-23(21(24)18-11-9-16(2)10-12-18)15-19-14-20(25-22-19)17-7-5-4-6-8-17/h4-12,14H,3,13,15H2,1-2H3. The predicted molar refractivity (Wildman–Crippen MR) is 98.1 cm³/mol. The van der Waals surface area contributed by atoms with E-state index in [1.54, 1.807) is 0 Å². The number of aryl methyl sites for hydroxylation is 1. The lowest BCUT2D eigenvalue weighted by Gasteiger charge is -2.21. The van der Waals surface area contributed by atoms with Gasteiger partial charge >= 0.3 is 0 Å². The van der Waals surface area contributed by atoms with Gasteiger partial charge in [-0.2, -0.15) is 0 Å². The number of aromatic nitrogens is 1. The lowest BCUT2D eigenvalue weighted by atomic mass is 10.1. The van der Waals surface area contributed by atoms with Gasteiger partial charge in [-0.15, -0.1) is 0 Å². The fraction of sp³-hybridized carbons (Fsp3) is 0.238. The van der Waals surface area contributed by atoms with E-state index in [-0.39, 0.29) is 5.91 Å². The zero-order valence-electron chi connectivity index (χ0n) is 14.6. The van der Waals surface area contributed by atoms with Crippen LogP contribution in [-0.4, -0.2) is 22.5 Å². The van der Waals surface area contributed by atoms with E-state index in [4.69, 9.17) is 4.52 Å². The molecule has 0 aliphatic heterocycles. The highest BCUT2D eigenvalue weighted by Crippen LogP contribution is 2.21. The Morgan fingerprint density at radius 3 is 2.48 bits per heavy atom. The third kappa shape index (κ3) is 4.15. The molecule has 3 aromatic rings. The summed E-state index contributed by atoms with van der Waals surface area (Å²) in [5.41, 5.74) is 3.58. The number of hydrogen-bond donors (Lipinski definition) is 0. The molecule has 4 nitrogen and oxygen atoms in total. The van der Waals surface area contributed by atoms with Crippen LogP contribution < -0.4 is 0 Å². The van der Waals surface area contributed by atoms with Crippen LogP contribution in [0, 0.1) is 6.92 Å². The van der Waals surface area contributed by atoms with Gasteiger partial charge in [0.05, 0.1) is 6.54 Å². The number of nitrogens with zero attached hydrogens (tertiary/aromatic N) is 2. The van der Waals surface area contributed by atoms with Gasteiger partial charge in [0.15, 0.2) is 5.76 Å². The van der Waals surface area contributed by atoms with E-state index in [0.717, 1.165) is 29.0 Å².